The van der Waals surface area contributed by atoms with E-state index in [1.54, 1.807) is 18.2 Å². The van der Waals surface area contributed by atoms with E-state index in [1.165, 1.54) is 18.3 Å². The molecule has 1 aromatic carbocycles. The Labute approximate surface area is 170 Å². The van der Waals surface area contributed by atoms with E-state index < -0.39 is 31.1 Å². The third kappa shape index (κ3) is 4.52. The molecule has 0 bridgehead atoms. The Kier molecular flexibility index (Phi) is 6.23. The molecular weight excluding hydrogens is 398 g/mol. The zero-order chi connectivity index (χ0) is 21.7. The number of pyridine rings is 1. The molecule has 2 amide bonds. The van der Waals surface area contributed by atoms with Gasteiger partial charge in [0.1, 0.15) is 24.2 Å². The standard InChI is InChI=1S/C20H18F2N4O4/c21-20(22)11-26(19(29)10-27)6-4-17(20)30-16-2-1-13(7-15(16)9-23)14-3-5-24-18(8-14)25-12-28/h1-3,5,7-8,12,17,27H,4,6,10-11H2,(H,24,25,28). The number of aliphatic hydroxyl groups excluding tert-OH is 1. The lowest BCUT2D eigenvalue weighted by atomic mass is 10.0. The fraction of sp³-hybridized carbons (Fsp3) is 0.300. The van der Waals surface area contributed by atoms with Gasteiger partial charge in [-0.25, -0.2) is 13.8 Å². The van der Waals surface area contributed by atoms with Crippen LogP contribution in [0.15, 0.2) is 36.5 Å². The molecule has 8 nitrogen and oxygen atoms in total. The maximum Gasteiger partial charge on any atom is 0.301 e. The van der Waals surface area contributed by atoms with Crippen LogP contribution in [0.4, 0.5) is 14.6 Å². The highest BCUT2D eigenvalue weighted by atomic mass is 19.3. The van der Waals surface area contributed by atoms with Crippen LogP contribution in [0.2, 0.25) is 0 Å². The molecule has 2 heterocycles. The van der Waals surface area contributed by atoms with Crippen molar-refractivity contribution < 1.29 is 28.2 Å². The highest BCUT2D eigenvalue weighted by Gasteiger charge is 2.47. The van der Waals surface area contributed by atoms with Crippen molar-refractivity contribution in [2.75, 3.05) is 25.0 Å². The summed E-state index contributed by atoms with van der Waals surface area (Å²) in [5.41, 5.74) is 1.35. The van der Waals surface area contributed by atoms with Crippen molar-refractivity contribution in [1.82, 2.24) is 9.88 Å². The molecule has 1 fully saturated rings. The third-order valence-corrected chi connectivity index (χ3v) is 4.69. The summed E-state index contributed by atoms with van der Waals surface area (Å²) in [6, 6.07) is 9.76. The number of halogens is 2. The summed E-state index contributed by atoms with van der Waals surface area (Å²) in [6.45, 7) is -1.68. The lowest BCUT2D eigenvalue weighted by Crippen LogP contribution is -2.55. The van der Waals surface area contributed by atoms with E-state index in [-0.39, 0.29) is 24.3 Å². The van der Waals surface area contributed by atoms with Crippen molar-refractivity contribution in [2.45, 2.75) is 18.4 Å². The first-order chi connectivity index (χ1) is 14.4. The SMILES string of the molecule is N#Cc1cc(-c2ccnc(NC=O)c2)ccc1OC1CCN(C(=O)CO)CC1(F)F. The van der Waals surface area contributed by atoms with Crippen molar-refractivity contribution in [3.05, 3.63) is 42.1 Å². The van der Waals surface area contributed by atoms with Crippen LogP contribution in [0.25, 0.3) is 11.1 Å². The normalized spacial score (nSPS) is 17.7. The molecule has 3 rings (SSSR count). The van der Waals surface area contributed by atoms with Crippen LogP contribution in [0.5, 0.6) is 5.75 Å². The predicted molar refractivity (Wildman–Crippen MR) is 102 cm³/mol. The molecule has 10 heteroatoms. The van der Waals surface area contributed by atoms with E-state index in [0.29, 0.717) is 23.4 Å². The zero-order valence-electron chi connectivity index (χ0n) is 15.7. The molecule has 1 atom stereocenters. The fourth-order valence-electron chi connectivity index (χ4n) is 3.18. The number of aromatic nitrogens is 1. The number of nitrogens with one attached hydrogen (secondary N) is 1. The molecule has 1 aliphatic rings. The number of likely N-dealkylation sites (tertiary alicyclic amines) is 1. The van der Waals surface area contributed by atoms with Gasteiger partial charge in [0.05, 0.1) is 12.1 Å². The van der Waals surface area contributed by atoms with E-state index in [9.17, 15) is 23.6 Å². The van der Waals surface area contributed by atoms with Gasteiger partial charge in [0, 0.05) is 19.2 Å². The summed E-state index contributed by atoms with van der Waals surface area (Å²) in [7, 11) is 0. The van der Waals surface area contributed by atoms with Gasteiger partial charge in [-0.05, 0) is 35.4 Å². The number of amides is 2. The van der Waals surface area contributed by atoms with Crippen LogP contribution < -0.4 is 10.1 Å². The van der Waals surface area contributed by atoms with Crippen LogP contribution in [0, 0.1) is 11.3 Å². The molecule has 1 aliphatic heterocycles. The lowest BCUT2D eigenvalue weighted by molar-refractivity contribution is -0.161. The first-order valence-electron chi connectivity index (χ1n) is 9.02. The lowest BCUT2D eigenvalue weighted by Gasteiger charge is -2.38. The number of hydrogen-bond donors (Lipinski definition) is 2. The minimum atomic E-state index is -3.34. The van der Waals surface area contributed by atoms with E-state index in [1.807, 2.05) is 6.07 Å². The van der Waals surface area contributed by atoms with E-state index >= 15 is 0 Å². The van der Waals surface area contributed by atoms with E-state index in [4.69, 9.17) is 9.84 Å². The number of nitrogens with zero attached hydrogens (tertiary/aromatic N) is 3. The highest BCUT2D eigenvalue weighted by Crippen LogP contribution is 2.34. The molecule has 0 saturated carbocycles. The molecule has 0 radical (unpaired) electrons. The Morgan fingerprint density at radius 1 is 1.40 bits per heavy atom. The van der Waals surface area contributed by atoms with Crippen molar-refractivity contribution in [3.63, 3.8) is 0 Å². The Bertz CT molecular complexity index is 993. The maximum absolute atomic E-state index is 14.5. The Hall–Kier alpha value is -3.58. The largest absolute Gasteiger partial charge is 0.483 e. The summed E-state index contributed by atoms with van der Waals surface area (Å²) >= 11 is 0. The molecule has 1 saturated heterocycles. The number of anilines is 1. The predicted octanol–water partition coefficient (Wildman–Crippen LogP) is 1.80. The van der Waals surface area contributed by atoms with E-state index in [0.717, 1.165) is 4.90 Å². The summed E-state index contributed by atoms with van der Waals surface area (Å²) < 4.78 is 34.4. The molecule has 156 valence electrons. The minimum Gasteiger partial charge on any atom is -0.483 e. The van der Waals surface area contributed by atoms with Crippen molar-refractivity contribution in [3.8, 4) is 22.9 Å². The average Bonchev–Trinajstić information content (AvgIpc) is 2.75. The molecule has 1 aromatic heterocycles. The number of aliphatic hydroxyl groups is 1. The van der Waals surface area contributed by atoms with Crippen molar-refractivity contribution in [1.29, 1.82) is 5.26 Å². The van der Waals surface area contributed by atoms with E-state index in [2.05, 4.69) is 10.3 Å². The van der Waals surface area contributed by atoms with Crippen molar-refractivity contribution in [2.24, 2.45) is 0 Å². The molecule has 0 spiro atoms. The summed E-state index contributed by atoms with van der Waals surface area (Å²) in [5, 5.41) is 20.8. The number of alkyl halides is 2. The maximum atomic E-state index is 14.5. The number of carbonyl (C=O) groups is 2. The third-order valence-electron chi connectivity index (χ3n) is 4.69. The first-order valence-corrected chi connectivity index (χ1v) is 9.02. The van der Waals surface area contributed by atoms with Gasteiger partial charge in [0.25, 0.3) is 0 Å². The van der Waals surface area contributed by atoms with Crippen molar-refractivity contribution >= 4 is 18.1 Å². The van der Waals surface area contributed by atoms with Gasteiger partial charge in [0.2, 0.25) is 12.3 Å². The molecule has 2 aromatic rings. The zero-order valence-corrected chi connectivity index (χ0v) is 15.7. The fourth-order valence-corrected chi connectivity index (χ4v) is 3.18. The average molecular weight is 416 g/mol. The van der Waals surface area contributed by atoms with Gasteiger partial charge in [0.15, 0.2) is 6.10 Å². The van der Waals surface area contributed by atoms with Crippen LogP contribution in [0.3, 0.4) is 0 Å². The second-order valence-corrected chi connectivity index (χ2v) is 6.64. The minimum absolute atomic E-state index is 0.00755. The highest BCUT2D eigenvalue weighted by molar-refractivity contribution is 5.77. The molecule has 30 heavy (non-hydrogen) atoms. The molecule has 2 N–H and O–H groups in total. The summed E-state index contributed by atoms with van der Waals surface area (Å²) in [6.07, 6.45) is 0.321. The Balaban J connectivity index is 1.81. The Morgan fingerprint density at radius 2 is 2.17 bits per heavy atom. The second-order valence-electron chi connectivity index (χ2n) is 6.64. The van der Waals surface area contributed by atoms with Gasteiger partial charge in [-0.1, -0.05) is 6.07 Å². The van der Waals surface area contributed by atoms with Crippen LogP contribution >= 0.6 is 0 Å². The number of carbonyl (C=O) groups excluding carboxylic acids is 2. The summed E-state index contributed by atoms with van der Waals surface area (Å²) in [5.74, 6) is -3.77. The number of hydrogen-bond acceptors (Lipinski definition) is 6. The number of piperidine rings is 1. The van der Waals surface area contributed by atoms with Gasteiger partial charge < -0.3 is 20.1 Å². The number of ether oxygens (including phenoxy) is 1. The first kappa shape index (κ1) is 21.1. The quantitative estimate of drug-likeness (QED) is 0.694. The van der Waals surface area contributed by atoms with Gasteiger partial charge in [-0.2, -0.15) is 5.26 Å². The van der Waals surface area contributed by atoms with Crippen LogP contribution in [-0.4, -0.2) is 59.0 Å². The van der Waals surface area contributed by atoms with Gasteiger partial charge in [-0.15, -0.1) is 0 Å². The topological polar surface area (TPSA) is 116 Å². The smallest absolute Gasteiger partial charge is 0.301 e. The number of rotatable bonds is 6. The molecule has 1 unspecified atom stereocenters. The molecular formula is C20H18F2N4O4. The second kappa shape index (κ2) is 8.84. The van der Waals surface area contributed by atoms with Crippen LogP contribution in [0.1, 0.15) is 12.0 Å². The van der Waals surface area contributed by atoms with Gasteiger partial charge >= 0.3 is 5.92 Å². The van der Waals surface area contributed by atoms with Gasteiger partial charge in [-0.3, -0.25) is 9.59 Å². The monoisotopic (exact) mass is 416 g/mol. The number of benzene rings is 1. The Morgan fingerprint density at radius 3 is 2.83 bits per heavy atom. The summed E-state index contributed by atoms with van der Waals surface area (Å²) in [4.78, 5) is 26.9. The number of nitriles is 1. The molecule has 0 aliphatic carbocycles. The van der Waals surface area contributed by atoms with Crippen LogP contribution in [-0.2, 0) is 9.59 Å².